The van der Waals surface area contributed by atoms with E-state index in [-0.39, 0.29) is 23.1 Å². The van der Waals surface area contributed by atoms with Gasteiger partial charge in [-0.25, -0.2) is 8.42 Å². The fourth-order valence-corrected chi connectivity index (χ4v) is 5.46. The molecule has 156 valence electrons. The van der Waals surface area contributed by atoms with Gasteiger partial charge in [0.2, 0.25) is 15.9 Å². The number of hydrogen-bond donors (Lipinski definition) is 1. The summed E-state index contributed by atoms with van der Waals surface area (Å²) in [6, 6.07) is 6.60. The molecular formula is C20H26N4O4S. The van der Waals surface area contributed by atoms with E-state index in [4.69, 9.17) is 0 Å². The molecule has 0 spiro atoms. The highest BCUT2D eigenvalue weighted by Gasteiger charge is 2.32. The van der Waals surface area contributed by atoms with Crippen LogP contribution in [0.4, 0.5) is 5.69 Å². The van der Waals surface area contributed by atoms with Crippen molar-refractivity contribution in [3.8, 4) is 0 Å². The monoisotopic (exact) mass is 418 g/mol. The molecule has 0 atom stereocenters. The third-order valence-corrected chi connectivity index (χ3v) is 7.25. The predicted molar refractivity (Wildman–Crippen MR) is 109 cm³/mol. The van der Waals surface area contributed by atoms with Gasteiger partial charge in [0, 0.05) is 24.3 Å². The Bertz CT molecular complexity index is 1020. The number of benzene rings is 1. The molecule has 1 aromatic carbocycles. The van der Waals surface area contributed by atoms with Crippen LogP contribution in [-0.4, -0.2) is 47.3 Å². The lowest BCUT2D eigenvalue weighted by Crippen LogP contribution is -2.36. The highest BCUT2D eigenvalue weighted by Crippen LogP contribution is 2.26. The topological polar surface area (TPSA) is 101 Å². The molecule has 0 bridgehead atoms. The van der Waals surface area contributed by atoms with Gasteiger partial charge in [-0.2, -0.15) is 9.40 Å². The Kier molecular flexibility index (Phi) is 6.18. The van der Waals surface area contributed by atoms with Crippen molar-refractivity contribution in [3.63, 3.8) is 0 Å². The van der Waals surface area contributed by atoms with E-state index in [2.05, 4.69) is 10.4 Å². The van der Waals surface area contributed by atoms with Gasteiger partial charge in [-0.1, -0.05) is 6.42 Å². The summed E-state index contributed by atoms with van der Waals surface area (Å²) in [5.41, 5.74) is 1.97. The van der Waals surface area contributed by atoms with Crippen LogP contribution in [0.25, 0.3) is 0 Å². The van der Waals surface area contributed by atoms with Crippen molar-refractivity contribution in [1.82, 2.24) is 14.1 Å². The molecule has 29 heavy (non-hydrogen) atoms. The molecule has 1 aliphatic rings. The third kappa shape index (κ3) is 4.56. The van der Waals surface area contributed by atoms with Crippen molar-refractivity contribution < 1.29 is 18.0 Å². The molecule has 1 aliphatic heterocycles. The first-order valence-electron chi connectivity index (χ1n) is 9.65. The first-order chi connectivity index (χ1) is 13.7. The van der Waals surface area contributed by atoms with Crippen molar-refractivity contribution in [3.05, 3.63) is 41.2 Å². The summed E-state index contributed by atoms with van der Waals surface area (Å²) < 4.78 is 29.0. The lowest BCUT2D eigenvalue weighted by molar-refractivity contribution is -0.116. The molecule has 0 unspecified atom stereocenters. The Morgan fingerprint density at radius 2 is 1.69 bits per heavy atom. The van der Waals surface area contributed by atoms with E-state index in [1.807, 2.05) is 0 Å². The van der Waals surface area contributed by atoms with E-state index >= 15 is 0 Å². The van der Waals surface area contributed by atoms with Gasteiger partial charge in [-0.15, -0.1) is 0 Å². The molecule has 1 fully saturated rings. The minimum atomic E-state index is -3.62. The Labute approximate surface area is 170 Å². The van der Waals surface area contributed by atoms with Crippen LogP contribution in [0.2, 0.25) is 0 Å². The molecule has 1 N–H and O–H groups in total. The number of aryl methyl sites for hydroxylation is 1. The number of carbonyl (C=O) groups is 2. The van der Waals surface area contributed by atoms with E-state index in [1.54, 1.807) is 38.1 Å². The number of piperidine rings is 1. The van der Waals surface area contributed by atoms with Crippen molar-refractivity contribution in [2.75, 3.05) is 18.4 Å². The summed E-state index contributed by atoms with van der Waals surface area (Å²) in [6.07, 6.45) is 2.75. The summed E-state index contributed by atoms with van der Waals surface area (Å²) in [6.45, 7) is 5.74. The van der Waals surface area contributed by atoms with Crippen LogP contribution < -0.4 is 5.32 Å². The Morgan fingerprint density at radius 1 is 1.07 bits per heavy atom. The number of ketones is 1. The average Bonchev–Trinajstić information content (AvgIpc) is 2.96. The molecule has 2 heterocycles. The number of nitrogens with one attached hydrogen (secondary N) is 1. The normalized spacial score (nSPS) is 15.3. The number of nitrogens with zero attached hydrogens (tertiary/aromatic N) is 3. The number of hydrogen-bond acceptors (Lipinski definition) is 5. The first kappa shape index (κ1) is 21.2. The standard InChI is InChI=1S/C20H26N4O4S/c1-14-20(29(27,28)23-11-5-4-6-12-23)15(2)24(22-14)13-19(26)21-18-9-7-17(8-10-18)16(3)25/h7-10H,4-6,11-13H2,1-3H3,(H,21,26). The second-order valence-corrected chi connectivity index (χ2v) is 9.18. The number of anilines is 1. The summed E-state index contributed by atoms with van der Waals surface area (Å²) in [7, 11) is -3.62. The number of aromatic nitrogens is 2. The maximum atomic E-state index is 13.1. The van der Waals surface area contributed by atoms with Crippen molar-refractivity contribution in [1.29, 1.82) is 0 Å². The lowest BCUT2D eigenvalue weighted by atomic mass is 10.1. The van der Waals surface area contributed by atoms with Crippen LogP contribution in [-0.2, 0) is 21.4 Å². The average molecular weight is 419 g/mol. The molecule has 0 radical (unpaired) electrons. The van der Waals surface area contributed by atoms with Gasteiger partial charge in [-0.3, -0.25) is 14.3 Å². The summed E-state index contributed by atoms with van der Waals surface area (Å²) in [5.74, 6) is -0.374. The van der Waals surface area contributed by atoms with Gasteiger partial charge in [0.15, 0.2) is 5.78 Å². The molecule has 1 amide bonds. The largest absolute Gasteiger partial charge is 0.324 e. The number of carbonyl (C=O) groups excluding carboxylic acids is 2. The maximum Gasteiger partial charge on any atom is 0.246 e. The summed E-state index contributed by atoms with van der Waals surface area (Å²) >= 11 is 0. The second-order valence-electron chi connectivity index (χ2n) is 7.30. The van der Waals surface area contributed by atoms with Gasteiger partial charge in [0.25, 0.3) is 0 Å². The molecule has 1 aromatic heterocycles. The van der Waals surface area contributed by atoms with E-state index in [1.165, 1.54) is 15.9 Å². The minimum absolute atomic E-state index is 0.0482. The highest BCUT2D eigenvalue weighted by atomic mass is 32.2. The predicted octanol–water partition coefficient (Wildman–Crippen LogP) is 2.52. The van der Waals surface area contributed by atoms with Crippen molar-refractivity contribution in [2.24, 2.45) is 0 Å². The number of rotatable bonds is 6. The Morgan fingerprint density at radius 3 is 2.28 bits per heavy atom. The van der Waals surface area contributed by atoms with Crippen LogP contribution in [0.3, 0.4) is 0 Å². The van der Waals surface area contributed by atoms with Crippen LogP contribution in [0, 0.1) is 13.8 Å². The van der Waals surface area contributed by atoms with Gasteiger partial charge in [-0.05, 0) is 57.9 Å². The minimum Gasteiger partial charge on any atom is -0.324 e. The molecule has 1 saturated heterocycles. The zero-order valence-corrected chi connectivity index (χ0v) is 17.8. The molecule has 9 heteroatoms. The van der Waals surface area contributed by atoms with Gasteiger partial charge in [0.05, 0.1) is 11.4 Å². The van der Waals surface area contributed by atoms with Crippen LogP contribution in [0.1, 0.15) is 47.9 Å². The molecule has 0 aliphatic carbocycles. The van der Waals surface area contributed by atoms with Crippen molar-refractivity contribution in [2.45, 2.75) is 51.5 Å². The molecular weight excluding hydrogens is 392 g/mol. The quantitative estimate of drug-likeness (QED) is 0.727. The van der Waals surface area contributed by atoms with Crippen LogP contribution in [0.5, 0.6) is 0 Å². The number of Topliss-reactive ketones (excluding diaryl/α,β-unsaturated/α-hetero) is 1. The smallest absolute Gasteiger partial charge is 0.246 e. The molecule has 2 aromatic rings. The Balaban J connectivity index is 1.75. The fraction of sp³-hybridized carbons (Fsp3) is 0.450. The van der Waals surface area contributed by atoms with E-state index < -0.39 is 10.0 Å². The zero-order chi connectivity index (χ0) is 21.2. The van der Waals surface area contributed by atoms with Crippen LogP contribution >= 0.6 is 0 Å². The maximum absolute atomic E-state index is 13.1. The SMILES string of the molecule is CC(=O)c1ccc(NC(=O)Cn2nc(C)c(S(=O)(=O)N3CCCCC3)c2C)cc1. The zero-order valence-electron chi connectivity index (χ0n) is 16.9. The van der Waals surface area contributed by atoms with Gasteiger partial charge in [0.1, 0.15) is 11.4 Å². The molecule has 8 nitrogen and oxygen atoms in total. The molecule has 3 rings (SSSR count). The highest BCUT2D eigenvalue weighted by molar-refractivity contribution is 7.89. The first-order valence-corrected chi connectivity index (χ1v) is 11.1. The van der Waals surface area contributed by atoms with E-state index in [0.717, 1.165) is 19.3 Å². The summed E-state index contributed by atoms with van der Waals surface area (Å²) in [5, 5.41) is 7.04. The lowest BCUT2D eigenvalue weighted by Gasteiger charge is -2.25. The van der Waals surface area contributed by atoms with Crippen molar-refractivity contribution >= 4 is 27.4 Å². The number of sulfonamides is 1. The van der Waals surface area contributed by atoms with Crippen LogP contribution in [0.15, 0.2) is 29.2 Å². The fourth-order valence-electron chi connectivity index (χ4n) is 3.57. The van der Waals surface area contributed by atoms with E-state index in [9.17, 15) is 18.0 Å². The van der Waals surface area contributed by atoms with Gasteiger partial charge >= 0.3 is 0 Å². The number of amides is 1. The van der Waals surface area contributed by atoms with E-state index in [0.29, 0.717) is 35.7 Å². The summed E-state index contributed by atoms with van der Waals surface area (Å²) in [4.78, 5) is 24.0. The Hall–Kier alpha value is -2.52. The molecule has 0 saturated carbocycles. The van der Waals surface area contributed by atoms with Gasteiger partial charge < -0.3 is 5.32 Å². The third-order valence-electron chi connectivity index (χ3n) is 5.10. The second kappa shape index (κ2) is 8.46.